The standard InChI is InChI=1S/C24H29N3O3S/c1-17(2)30-21-9-7-8-19(16-21)22(28)26-24(31)25-20-12-10-18(11-13-20)23(29)27-14-5-3-4-6-15-27/h7-13,16-17H,3-6,14-15H2,1-2H3,(H2,25,26,28,31). The molecule has 1 heterocycles. The highest BCUT2D eigenvalue weighted by atomic mass is 32.1. The highest BCUT2D eigenvalue weighted by Crippen LogP contribution is 2.17. The van der Waals surface area contributed by atoms with Gasteiger partial charge in [-0.2, -0.15) is 0 Å². The number of nitrogens with zero attached hydrogens (tertiary/aromatic N) is 1. The Balaban J connectivity index is 1.55. The lowest BCUT2D eigenvalue weighted by atomic mass is 10.1. The first-order valence-electron chi connectivity index (χ1n) is 10.7. The van der Waals surface area contributed by atoms with Crippen molar-refractivity contribution in [3.05, 3.63) is 59.7 Å². The Bertz CT molecular complexity index is 920. The van der Waals surface area contributed by atoms with Crippen LogP contribution in [0, 0.1) is 0 Å². The smallest absolute Gasteiger partial charge is 0.257 e. The number of hydrogen-bond donors (Lipinski definition) is 2. The first kappa shape index (κ1) is 22.7. The first-order chi connectivity index (χ1) is 14.9. The molecule has 0 bridgehead atoms. The molecule has 3 rings (SSSR count). The second-order valence-corrected chi connectivity index (χ2v) is 8.29. The zero-order valence-corrected chi connectivity index (χ0v) is 18.8. The molecule has 2 amide bonds. The lowest BCUT2D eigenvalue weighted by molar-refractivity contribution is 0.0761. The summed E-state index contributed by atoms with van der Waals surface area (Å²) in [5.41, 5.74) is 1.82. The topological polar surface area (TPSA) is 70.7 Å². The predicted molar refractivity (Wildman–Crippen MR) is 127 cm³/mol. The van der Waals surface area contributed by atoms with E-state index in [9.17, 15) is 9.59 Å². The van der Waals surface area contributed by atoms with E-state index in [1.54, 1.807) is 42.5 Å². The van der Waals surface area contributed by atoms with Gasteiger partial charge in [-0.1, -0.05) is 18.9 Å². The van der Waals surface area contributed by atoms with Gasteiger partial charge in [-0.25, -0.2) is 0 Å². The van der Waals surface area contributed by atoms with Crippen LogP contribution in [0.15, 0.2) is 48.5 Å². The van der Waals surface area contributed by atoms with Crippen molar-refractivity contribution >= 4 is 34.8 Å². The molecule has 0 aliphatic carbocycles. The Morgan fingerprint density at radius 2 is 1.65 bits per heavy atom. The largest absolute Gasteiger partial charge is 0.491 e. The van der Waals surface area contributed by atoms with Gasteiger partial charge in [0.15, 0.2) is 5.11 Å². The maximum atomic E-state index is 12.7. The Labute approximate surface area is 189 Å². The highest BCUT2D eigenvalue weighted by Gasteiger charge is 2.17. The minimum atomic E-state index is -0.320. The molecule has 0 unspecified atom stereocenters. The summed E-state index contributed by atoms with van der Waals surface area (Å²) >= 11 is 5.27. The second kappa shape index (κ2) is 10.9. The number of amides is 2. The normalized spacial score (nSPS) is 14.0. The van der Waals surface area contributed by atoms with Crippen LogP contribution < -0.4 is 15.4 Å². The summed E-state index contributed by atoms with van der Waals surface area (Å²) in [4.78, 5) is 27.1. The number of thiocarbonyl (C=S) groups is 1. The third-order valence-corrected chi connectivity index (χ3v) is 5.18. The van der Waals surface area contributed by atoms with Crippen molar-refractivity contribution < 1.29 is 14.3 Å². The van der Waals surface area contributed by atoms with Crippen LogP contribution in [0.4, 0.5) is 5.69 Å². The van der Waals surface area contributed by atoms with E-state index in [1.165, 1.54) is 12.8 Å². The number of carbonyl (C=O) groups excluding carboxylic acids is 2. The van der Waals surface area contributed by atoms with Crippen LogP contribution in [0.3, 0.4) is 0 Å². The van der Waals surface area contributed by atoms with Gasteiger partial charge in [0.25, 0.3) is 11.8 Å². The van der Waals surface area contributed by atoms with Crippen LogP contribution in [0.5, 0.6) is 5.75 Å². The maximum Gasteiger partial charge on any atom is 0.257 e. The molecular formula is C24H29N3O3S. The molecule has 2 aromatic rings. The number of anilines is 1. The quantitative estimate of drug-likeness (QED) is 0.666. The monoisotopic (exact) mass is 439 g/mol. The summed E-state index contributed by atoms with van der Waals surface area (Å²) in [6, 6.07) is 14.1. The van der Waals surface area contributed by atoms with Crippen molar-refractivity contribution in [1.82, 2.24) is 10.2 Å². The molecule has 0 radical (unpaired) electrons. The third-order valence-electron chi connectivity index (χ3n) is 4.98. The van der Waals surface area contributed by atoms with Gasteiger partial charge in [0.05, 0.1) is 6.10 Å². The Hall–Kier alpha value is -2.93. The zero-order valence-electron chi connectivity index (χ0n) is 18.0. The van der Waals surface area contributed by atoms with Gasteiger partial charge in [0, 0.05) is 29.9 Å². The summed E-state index contributed by atoms with van der Waals surface area (Å²) in [6.07, 6.45) is 4.52. The average molecular weight is 440 g/mol. The fraction of sp³-hybridized carbons (Fsp3) is 0.375. The molecule has 0 spiro atoms. The van der Waals surface area contributed by atoms with Gasteiger partial charge in [-0.05, 0) is 81.4 Å². The molecule has 1 fully saturated rings. The van der Waals surface area contributed by atoms with Gasteiger partial charge in [0.2, 0.25) is 0 Å². The summed E-state index contributed by atoms with van der Waals surface area (Å²) in [6.45, 7) is 5.49. The van der Waals surface area contributed by atoms with E-state index in [2.05, 4.69) is 10.6 Å². The van der Waals surface area contributed by atoms with Gasteiger partial charge < -0.3 is 15.0 Å². The van der Waals surface area contributed by atoms with Crippen molar-refractivity contribution in [2.75, 3.05) is 18.4 Å². The number of rotatable bonds is 5. The van der Waals surface area contributed by atoms with Crippen molar-refractivity contribution in [1.29, 1.82) is 0 Å². The number of ether oxygens (including phenoxy) is 1. The van der Waals surface area contributed by atoms with Crippen LogP contribution in [-0.2, 0) is 0 Å². The van der Waals surface area contributed by atoms with E-state index < -0.39 is 0 Å². The Kier molecular flexibility index (Phi) is 8.00. The summed E-state index contributed by atoms with van der Waals surface area (Å²) in [7, 11) is 0. The van der Waals surface area contributed by atoms with E-state index in [4.69, 9.17) is 17.0 Å². The molecule has 2 N–H and O–H groups in total. The zero-order chi connectivity index (χ0) is 22.2. The van der Waals surface area contributed by atoms with Crippen LogP contribution in [-0.4, -0.2) is 41.0 Å². The third kappa shape index (κ3) is 6.79. The lowest BCUT2D eigenvalue weighted by Crippen LogP contribution is -2.34. The number of hydrogen-bond acceptors (Lipinski definition) is 4. The van der Waals surface area contributed by atoms with Crippen molar-refractivity contribution in [2.45, 2.75) is 45.6 Å². The number of nitrogens with one attached hydrogen (secondary N) is 2. The lowest BCUT2D eigenvalue weighted by Gasteiger charge is -2.20. The molecule has 2 aromatic carbocycles. The molecule has 6 nitrogen and oxygen atoms in total. The van der Waals surface area contributed by atoms with Gasteiger partial charge in [-0.15, -0.1) is 0 Å². The molecule has 7 heteroatoms. The molecule has 164 valence electrons. The fourth-order valence-electron chi connectivity index (χ4n) is 3.47. The Morgan fingerprint density at radius 1 is 0.968 bits per heavy atom. The summed E-state index contributed by atoms with van der Waals surface area (Å²) in [5, 5.41) is 5.85. The fourth-order valence-corrected chi connectivity index (χ4v) is 3.68. The van der Waals surface area contributed by atoms with Gasteiger partial charge in [0.1, 0.15) is 5.75 Å². The molecule has 0 atom stereocenters. The summed E-state index contributed by atoms with van der Waals surface area (Å²) in [5.74, 6) is 0.374. The van der Waals surface area contributed by atoms with Gasteiger partial charge in [-0.3, -0.25) is 14.9 Å². The van der Waals surface area contributed by atoms with Crippen LogP contribution in [0.2, 0.25) is 0 Å². The van der Waals surface area contributed by atoms with E-state index in [0.717, 1.165) is 25.9 Å². The minimum Gasteiger partial charge on any atom is -0.491 e. The molecule has 0 saturated carbocycles. The predicted octanol–water partition coefficient (Wildman–Crippen LogP) is 4.62. The van der Waals surface area contributed by atoms with Crippen molar-refractivity contribution in [3.63, 3.8) is 0 Å². The van der Waals surface area contributed by atoms with Crippen molar-refractivity contribution in [2.24, 2.45) is 0 Å². The molecule has 1 aliphatic heterocycles. The van der Waals surface area contributed by atoms with Crippen LogP contribution in [0.25, 0.3) is 0 Å². The second-order valence-electron chi connectivity index (χ2n) is 7.89. The Morgan fingerprint density at radius 3 is 2.29 bits per heavy atom. The van der Waals surface area contributed by atoms with E-state index >= 15 is 0 Å². The number of carbonyl (C=O) groups is 2. The first-order valence-corrected chi connectivity index (χ1v) is 11.1. The van der Waals surface area contributed by atoms with Crippen molar-refractivity contribution in [3.8, 4) is 5.75 Å². The highest BCUT2D eigenvalue weighted by molar-refractivity contribution is 7.80. The molecule has 31 heavy (non-hydrogen) atoms. The average Bonchev–Trinajstić information content (AvgIpc) is 3.03. The number of benzene rings is 2. The van der Waals surface area contributed by atoms with Crippen LogP contribution in [0.1, 0.15) is 60.2 Å². The van der Waals surface area contributed by atoms with E-state index in [1.807, 2.05) is 24.8 Å². The van der Waals surface area contributed by atoms with Gasteiger partial charge >= 0.3 is 0 Å². The molecule has 0 aromatic heterocycles. The number of likely N-dealkylation sites (tertiary alicyclic amines) is 1. The molecular weight excluding hydrogens is 410 g/mol. The maximum absolute atomic E-state index is 12.7. The SMILES string of the molecule is CC(C)Oc1cccc(C(=O)NC(=S)Nc2ccc(C(=O)N3CCCCCC3)cc2)c1. The van der Waals surface area contributed by atoms with Crippen LogP contribution >= 0.6 is 12.2 Å². The summed E-state index contributed by atoms with van der Waals surface area (Å²) < 4.78 is 5.63. The molecule has 1 saturated heterocycles. The van der Waals surface area contributed by atoms with E-state index in [0.29, 0.717) is 22.6 Å². The molecule has 1 aliphatic rings. The minimum absolute atomic E-state index is 0.0234. The van der Waals surface area contributed by atoms with E-state index in [-0.39, 0.29) is 23.0 Å².